The molecule has 2 unspecified atom stereocenters. The fourth-order valence-electron chi connectivity index (χ4n) is 8.31. The quantitative estimate of drug-likeness (QED) is 0.662. The Morgan fingerprint density at radius 1 is 1.23 bits per heavy atom. The largest absolute Gasteiger partial charge is 0.374 e. The summed E-state index contributed by atoms with van der Waals surface area (Å²) in [7, 11) is 0. The molecule has 1 aromatic carbocycles. The number of anilines is 1. The zero-order chi connectivity index (χ0) is 16.8. The van der Waals surface area contributed by atoms with E-state index in [0.29, 0.717) is 30.9 Å². The number of carbonyl (C=O) groups excluding carboxylic acids is 1. The molecule has 5 saturated heterocycles. The second-order valence-corrected chi connectivity index (χ2v) is 9.56. The number of piperidine rings is 2. The van der Waals surface area contributed by atoms with E-state index in [9.17, 15) is 4.79 Å². The molecule has 1 saturated carbocycles. The van der Waals surface area contributed by atoms with Crippen molar-refractivity contribution in [2.24, 2.45) is 11.8 Å². The molecule has 0 aromatic heterocycles. The van der Waals surface area contributed by atoms with Gasteiger partial charge in [-0.25, -0.2) is 0 Å². The summed E-state index contributed by atoms with van der Waals surface area (Å²) < 4.78 is 12.7. The first kappa shape index (κ1) is 13.7. The van der Waals surface area contributed by atoms with Crippen LogP contribution in [0.3, 0.4) is 0 Å². The first-order valence-electron chi connectivity index (χ1n) is 10.2. The predicted octanol–water partition coefficient (Wildman–Crippen LogP) is 1.30. The van der Waals surface area contributed by atoms with Crippen LogP contribution in [0.15, 0.2) is 24.3 Å². The lowest BCUT2D eigenvalue weighted by Crippen LogP contribution is -2.71. The lowest BCUT2D eigenvalue weighted by atomic mass is 9.52. The van der Waals surface area contributed by atoms with E-state index in [-0.39, 0.29) is 35.2 Å². The van der Waals surface area contributed by atoms with E-state index in [1.165, 1.54) is 24.1 Å². The SMILES string of the molecule is O=C1C[C@@H]2OCC3OC34CN3CC[C@]56c7ccccc7N1[C@H]5[C@H]2[C@H]4C[C@H]36. The van der Waals surface area contributed by atoms with Crippen LogP contribution in [0, 0.1) is 11.8 Å². The molecule has 6 heterocycles. The van der Waals surface area contributed by atoms with Crippen molar-refractivity contribution < 1.29 is 14.3 Å². The summed E-state index contributed by atoms with van der Waals surface area (Å²) in [4.78, 5) is 18.2. The van der Waals surface area contributed by atoms with Crippen LogP contribution in [0.1, 0.15) is 24.8 Å². The Morgan fingerprint density at radius 3 is 3.12 bits per heavy atom. The molecule has 5 heteroatoms. The van der Waals surface area contributed by atoms with Crippen molar-refractivity contribution in [1.29, 1.82) is 0 Å². The van der Waals surface area contributed by atoms with Crippen LogP contribution in [0.5, 0.6) is 0 Å². The van der Waals surface area contributed by atoms with Gasteiger partial charge in [-0.2, -0.15) is 0 Å². The molecule has 8 rings (SSSR count). The van der Waals surface area contributed by atoms with Crippen LogP contribution >= 0.6 is 0 Å². The molecule has 134 valence electrons. The minimum Gasteiger partial charge on any atom is -0.374 e. The summed E-state index contributed by atoms with van der Waals surface area (Å²) in [6.07, 6.45) is 3.26. The lowest BCUT2D eigenvalue weighted by Gasteiger charge is -2.59. The third-order valence-electron chi connectivity index (χ3n) is 9.09. The average Bonchev–Trinajstić information content (AvgIpc) is 3.08. The van der Waals surface area contributed by atoms with E-state index in [4.69, 9.17) is 9.47 Å². The zero-order valence-corrected chi connectivity index (χ0v) is 14.6. The highest BCUT2D eigenvalue weighted by Gasteiger charge is 2.79. The Hall–Kier alpha value is -1.43. The van der Waals surface area contributed by atoms with Gasteiger partial charge in [0, 0.05) is 35.5 Å². The number of rotatable bonds is 0. The van der Waals surface area contributed by atoms with E-state index in [2.05, 4.69) is 34.1 Å². The molecule has 0 radical (unpaired) electrons. The number of epoxide rings is 1. The number of hydrogen-bond donors (Lipinski definition) is 0. The molecule has 1 amide bonds. The Balaban J connectivity index is 1.45. The maximum Gasteiger partial charge on any atom is 0.229 e. The van der Waals surface area contributed by atoms with Crippen LogP contribution in [0.4, 0.5) is 5.69 Å². The van der Waals surface area contributed by atoms with Crippen molar-refractivity contribution in [2.45, 2.75) is 54.6 Å². The van der Waals surface area contributed by atoms with Gasteiger partial charge in [0.25, 0.3) is 0 Å². The van der Waals surface area contributed by atoms with Crippen LogP contribution < -0.4 is 4.90 Å². The molecule has 1 aromatic rings. The number of hydrogen-bond acceptors (Lipinski definition) is 4. The van der Waals surface area contributed by atoms with Gasteiger partial charge in [0.1, 0.15) is 11.7 Å². The topological polar surface area (TPSA) is 45.3 Å². The first-order valence-corrected chi connectivity index (χ1v) is 10.2. The van der Waals surface area contributed by atoms with Crippen molar-refractivity contribution in [2.75, 3.05) is 24.6 Å². The number of nitrogens with zero attached hydrogens (tertiary/aromatic N) is 2. The highest BCUT2D eigenvalue weighted by Crippen LogP contribution is 2.69. The molecule has 1 aliphatic carbocycles. The van der Waals surface area contributed by atoms with E-state index in [1.807, 2.05) is 0 Å². The van der Waals surface area contributed by atoms with Gasteiger partial charge in [0.2, 0.25) is 5.91 Å². The van der Waals surface area contributed by atoms with Crippen molar-refractivity contribution in [3.05, 3.63) is 29.8 Å². The highest BCUT2D eigenvalue weighted by molar-refractivity contribution is 5.99. The van der Waals surface area contributed by atoms with Gasteiger partial charge in [-0.05, 0) is 31.0 Å². The monoisotopic (exact) mass is 350 g/mol. The van der Waals surface area contributed by atoms with Crippen LogP contribution in [0.2, 0.25) is 0 Å². The number of benzene rings is 1. The van der Waals surface area contributed by atoms with Crippen LogP contribution in [0.25, 0.3) is 0 Å². The maximum atomic E-state index is 13.3. The summed E-state index contributed by atoms with van der Waals surface area (Å²) in [6.45, 7) is 2.89. The minimum absolute atomic E-state index is 0.00719. The van der Waals surface area contributed by atoms with E-state index >= 15 is 0 Å². The fraction of sp³-hybridized carbons (Fsp3) is 0.667. The number of fused-ring (bicyclic) bond motifs is 2. The van der Waals surface area contributed by atoms with Gasteiger partial charge in [-0.15, -0.1) is 0 Å². The van der Waals surface area contributed by atoms with Crippen molar-refractivity contribution in [3.8, 4) is 0 Å². The number of para-hydroxylation sites is 1. The fourth-order valence-corrected chi connectivity index (χ4v) is 8.31. The molecule has 26 heavy (non-hydrogen) atoms. The summed E-state index contributed by atoms with van der Waals surface area (Å²) >= 11 is 0. The number of amides is 1. The highest BCUT2D eigenvalue weighted by atomic mass is 16.6. The molecule has 6 fully saturated rings. The van der Waals surface area contributed by atoms with Crippen molar-refractivity contribution in [1.82, 2.24) is 4.90 Å². The third kappa shape index (κ3) is 1.17. The third-order valence-corrected chi connectivity index (χ3v) is 9.09. The summed E-state index contributed by atoms with van der Waals surface area (Å²) in [5.41, 5.74) is 2.72. The first-order chi connectivity index (χ1) is 12.7. The molecule has 7 aliphatic rings. The minimum atomic E-state index is 0.00719. The van der Waals surface area contributed by atoms with Gasteiger partial charge >= 0.3 is 0 Å². The van der Waals surface area contributed by atoms with E-state index in [0.717, 1.165) is 13.1 Å². The molecule has 6 aliphatic heterocycles. The summed E-state index contributed by atoms with van der Waals surface area (Å²) in [6, 6.07) is 9.56. The Bertz CT molecular complexity index is 888. The lowest BCUT2D eigenvalue weighted by molar-refractivity contribution is -0.141. The Labute approximate surface area is 152 Å². The number of carbonyl (C=O) groups is 1. The molecule has 2 bridgehead atoms. The Morgan fingerprint density at radius 2 is 2.15 bits per heavy atom. The predicted molar refractivity (Wildman–Crippen MR) is 92.9 cm³/mol. The number of ether oxygens (including phenoxy) is 2. The van der Waals surface area contributed by atoms with Crippen molar-refractivity contribution >= 4 is 11.6 Å². The van der Waals surface area contributed by atoms with Crippen LogP contribution in [-0.2, 0) is 19.7 Å². The summed E-state index contributed by atoms with van der Waals surface area (Å²) in [5.74, 6) is 1.23. The van der Waals surface area contributed by atoms with Gasteiger partial charge in [-0.1, -0.05) is 18.2 Å². The van der Waals surface area contributed by atoms with E-state index in [1.54, 1.807) is 0 Å². The molecule has 8 atom stereocenters. The van der Waals surface area contributed by atoms with Gasteiger partial charge < -0.3 is 14.4 Å². The Kier molecular flexibility index (Phi) is 2.05. The molecule has 5 nitrogen and oxygen atoms in total. The second kappa shape index (κ2) is 3.89. The molecule has 0 N–H and O–H groups in total. The maximum absolute atomic E-state index is 13.3. The van der Waals surface area contributed by atoms with E-state index < -0.39 is 0 Å². The normalized spacial score (nSPS) is 54.6. The average molecular weight is 350 g/mol. The molecular weight excluding hydrogens is 328 g/mol. The molecular formula is C21H22N2O3. The van der Waals surface area contributed by atoms with Crippen molar-refractivity contribution in [3.63, 3.8) is 0 Å². The van der Waals surface area contributed by atoms with Gasteiger partial charge in [0.05, 0.1) is 25.2 Å². The summed E-state index contributed by atoms with van der Waals surface area (Å²) in [5, 5.41) is 0. The molecule has 2 spiro atoms. The van der Waals surface area contributed by atoms with Gasteiger partial charge in [-0.3, -0.25) is 9.69 Å². The van der Waals surface area contributed by atoms with Gasteiger partial charge in [0.15, 0.2) is 0 Å². The second-order valence-electron chi connectivity index (χ2n) is 9.56. The van der Waals surface area contributed by atoms with Crippen LogP contribution in [-0.4, -0.2) is 60.4 Å². The zero-order valence-electron chi connectivity index (χ0n) is 14.6. The smallest absolute Gasteiger partial charge is 0.229 e. The standard InChI is InChI=1S/C21H22N2O3/c24-17-8-14-18-12-7-15-20(11-3-1-2-4-13(11)23(17)19(18)20)5-6-22(15)10-21(12)16(26-21)9-25-14/h1-4,12,14-16,18-19H,5-10H2/t12-,14+,15+,16?,18+,19+,20-,21?/m1/s1.